The van der Waals surface area contributed by atoms with Crippen molar-refractivity contribution in [2.75, 3.05) is 39.2 Å². The van der Waals surface area contributed by atoms with Crippen molar-refractivity contribution in [3.8, 4) is 0 Å². The zero-order valence-corrected chi connectivity index (χ0v) is 13.6. The van der Waals surface area contributed by atoms with Gasteiger partial charge in [0, 0.05) is 27.2 Å². The van der Waals surface area contributed by atoms with Crippen molar-refractivity contribution in [2.24, 2.45) is 10.4 Å². The van der Waals surface area contributed by atoms with Crippen LogP contribution >= 0.6 is 11.8 Å². The van der Waals surface area contributed by atoms with Crippen molar-refractivity contribution in [2.45, 2.75) is 26.7 Å². The average Bonchev–Trinajstić information content (AvgIpc) is 2.40. The van der Waals surface area contributed by atoms with Gasteiger partial charge >= 0.3 is 0 Å². The Hall–Kier alpha value is -0.910. The fraction of sp³-hybridized carbons (Fsp3) is 0.846. The molecule has 112 valence electrons. The molecule has 0 unspecified atom stereocenters. The molecular weight excluding hydrogens is 260 g/mol. The molecule has 0 aromatic heterocycles. The third-order valence-corrected chi connectivity index (χ3v) is 3.53. The van der Waals surface area contributed by atoms with Gasteiger partial charge in [-0.3, -0.25) is 9.79 Å². The van der Waals surface area contributed by atoms with Gasteiger partial charge in [0.2, 0.25) is 5.91 Å². The lowest BCUT2D eigenvalue weighted by Gasteiger charge is -2.24. The molecule has 0 aliphatic heterocycles. The summed E-state index contributed by atoms with van der Waals surface area (Å²) >= 11 is 1.87. The van der Waals surface area contributed by atoms with E-state index in [1.54, 1.807) is 14.1 Å². The van der Waals surface area contributed by atoms with E-state index >= 15 is 0 Å². The second-order valence-electron chi connectivity index (χ2n) is 5.02. The Morgan fingerprint density at radius 2 is 1.95 bits per heavy atom. The van der Waals surface area contributed by atoms with Gasteiger partial charge in [-0.2, -0.15) is 11.8 Å². The van der Waals surface area contributed by atoms with E-state index < -0.39 is 5.41 Å². The maximum atomic E-state index is 11.7. The van der Waals surface area contributed by atoms with Gasteiger partial charge in [-0.1, -0.05) is 0 Å². The number of aliphatic imine (C=N–C) groups is 1. The van der Waals surface area contributed by atoms with Crippen molar-refractivity contribution in [1.82, 2.24) is 16.0 Å². The second-order valence-corrected chi connectivity index (χ2v) is 6.00. The molecule has 6 heteroatoms. The predicted octanol–water partition coefficient (Wildman–Crippen LogP) is 1.07. The zero-order chi connectivity index (χ0) is 14.7. The lowest BCUT2D eigenvalue weighted by molar-refractivity contribution is -0.128. The normalized spacial score (nSPS) is 12.2. The highest BCUT2D eigenvalue weighted by atomic mass is 32.2. The number of nitrogens with one attached hydrogen (secondary N) is 3. The largest absolute Gasteiger partial charge is 0.359 e. The third-order valence-electron chi connectivity index (χ3n) is 2.83. The van der Waals surface area contributed by atoms with Crippen LogP contribution in [-0.2, 0) is 4.79 Å². The Labute approximate surface area is 121 Å². The van der Waals surface area contributed by atoms with Crippen LogP contribution in [0.4, 0.5) is 0 Å². The molecule has 0 fully saturated rings. The van der Waals surface area contributed by atoms with E-state index in [0.717, 1.165) is 18.9 Å². The van der Waals surface area contributed by atoms with Crippen molar-refractivity contribution in [3.63, 3.8) is 0 Å². The SMILES string of the molecule is CN=C(NCCCCSC)NCC(C)(C)C(=O)NC. The summed E-state index contributed by atoms with van der Waals surface area (Å²) in [5.74, 6) is 1.97. The summed E-state index contributed by atoms with van der Waals surface area (Å²) in [6, 6.07) is 0. The van der Waals surface area contributed by atoms with Gasteiger partial charge < -0.3 is 16.0 Å². The van der Waals surface area contributed by atoms with Crippen LogP contribution in [0.15, 0.2) is 4.99 Å². The maximum Gasteiger partial charge on any atom is 0.227 e. The molecular formula is C13H28N4OS. The summed E-state index contributed by atoms with van der Waals surface area (Å²) in [7, 11) is 3.40. The first-order valence-electron chi connectivity index (χ1n) is 6.63. The quantitative estimate of drug-likeness (QED) is 0.355. The minimum atomic E-state index is -0.453. The van der Waals surface area contributed by atoms with Crippen LogP contribution in [0.5, 0.6) is 0 Å². The number of carbonyl (C=O) groups is 1. The Morgan fingerprint density at radius 3 is 2.47 bits per heavy atom. The van der Waals surface area contributed by atoms with E-state index in [9.17, 15) is 4.79 Å². The van der Waals surface area contributed by atoms with Gasteiger partial charge in [-0.25, -0.2) is 0 Å². The monoisotopic (exact) mass is 288 g/mol. The molecule has 0 saturated heterocycles. The molecule has 0 spiro atoms. The number of hydrogen-bond donors (Lipinski definition) is 3. The molecule has 0 radical (unpaired) electrons. The molecule has 0 saturated carbocycles. The van der Waals surface area contributed by atoms with Gasteiger partial charge in [0.15, 0.2) is 5.96 Å². The minimum absolute atomic E-state index is 0.0235. The van der Waals surface area contributed by atoms with Gasteiger partial charge in [0.05, 0.1) is 5.41 Å². The van der Waals surface area contributed by atoms with Crippen LogP contribution in [0.25, 0.3) is 0 Å². The Bertz CT molecular complexity index is 292. The molecule has 0 aliphatic carbocycles. The summed E-state index contributed by atoms with van der Waals surface area (Å²) in [6.07, 6.45) is 4.45. The summed E-state index contributed by atoms with van der Waals surface area (Å²) in [6.45, 7) is 5.27. The molecule has 3 N–H and O–H groups in total. The first kappa shape index (κ1) is 18.1. The average molecular weight is 288 g/mol. The van der Waals surface area contributed by atoms with Crippen molar-refractivity contribution in [1.29, 1.82) is 0 Å². The summed E-state index contributed by atoms with van der Waals surface area (Å²) in [5, 5.41) is 9.12. The highest BCUT2D eigenvalue weighted by Crippen LogP contribution is 2.12. The van der Waals surface area contributed by atoms with E-state index in [1.165, 1.54) is 12.2 Å². The molecule has 0 atom stereocenters. The van der Waals surface area contributed by atoms with Gasteiger partial charge in [0.1, 0.15) is 0 Å². The number of unbranched alkanes of at least 4 members (excludes halogenated alkanes) is 1. The van der Waals surface area contributed by atoms with E-state index in [1.807, 2.05) is 25.6 Å². The van der Waals surface area contributed by atoms with Crippen LogP contribution in [0.2, 0.25) is 0 Å². The van der Waals surface area contributed by atoms with Crippen LogP contribution in [0.1, 0.15) is 26.7 Å². The van der Waals surface area contributed by atoms with Crippen molar-refractivity contribution >= 4 is 23.6 Å². The molecule has 0 rings (SSSR count). The van der Waals surface area contributed by atoms with Crippen LogP contribution in [0, 0.1) is 5.41 Å². The van der Waals surface area contributed by atoms with Crippen LogP contribution in [-0.4, -0.2) is 51.1 Å². The van der Waals surface area contributed by atoms with Crippen LogP contribution in [0.3, 0.4) is 0 Å². The maximum absolute atomic E-state index is 11.7. The van der Waals surface area contributed by atoms with Gasteiger partial charge in [0.25, 0.3) is 0 Å². The number of guanidine groups is 1. The molecule has 19 heavy (non-hydrogen) atoms. The van der Waals surface area contributed by atoms with E-state index in [4.69, 9.17) is 0 Å². The van der Waals surface area contributed by atoms with Crippen molar-refractivity contribution in [3.05, 3.63) is 0 Å². The Morgan fingerprint density at radius 1 is 1.26 bits per heavy atom. The molecule has 0 aliphatic rings. The number of amides is 1. The Kier molecular flexibility index (Phi) is 9.47. The predicted molar refractivity (Wildman–Crippen MR) is 84.8 cm³/mol. The number of carbonyl (C=O) groups excluding carboxylic acids is 1. The molecule has 0 aromatic rings. The number of thioether (sulfide) groups is 1. The summed E-state index contributed by atoms with van der Waals surface area (Å²) < 4.78 is 0. The standard InChI is InChI=1S/C13H28N4OS/c1-13(2,11(18)14-3)10-17-12(15-4)16-8-6-7-9-19-5/h6-10H2,1-5H3,(H,14,18)(H2,15,16,17). The highest BCUT2D eigenvalue weighted by molar-refractivity contribution is 7.98. The van der Waals surface area contributed by atoms with Crippen LogP contribution < -0.4 is 16.0 Å². The summed E-state index contributed by atoms with van der Waals surface area (Å²) in [4.78, 5) is 15.8. The van der Waals surface area contributed by atoms with Gasteiger partial charge in [-0.05, 0) is 38.7 Å². The van der Waals surface area contributed by atoms with Crippen molar-refractivity contribution < 1.29 is 4.79 Å². The molecule has 5 nitrogen and oxygen atoms in total. The van der Waals surface area contributed by atoms with E-state index in [-0.39, 0.29) is 5.91 Å². The lowest BCUT2D eigenvalue weighted by atomic mass is 9.92. The Balaban J connectivity index is 3.98. The smallest absolute Gasteiger partial charge is 0.227 e. The first-order chi connectivity index (χ1) is 8.97. The third kappa shape index (κ3) is 7.97. The summed E-state index contributed by atoms with van der Waals surface area (Å²) in [5.41, 5.74) is -0.453. The number of rotatable bonds is 8. The van der Waals surface area contributed by atoms with E-state index in [2.05, 4.69) is 27.2 Å². The zero-order valence-electron chi connectivity index (χ0n) is 12.8. The topological polar surface area (TPSA) is 65.5 Å². The number of nitrogens with zero attached hydrogens (tertiary/aromatic N) is 1. The van der Waals surface area contributed by atoms with E-state index in [0.29, 0.717) is 6.54 Å². The lowest BCUT2D eigenvalue weighted by Crippen LogP contribution is -2.47. The molecule has 0 heterocycles. The first-order valence-corrected chi connectivity index (χ1v) is 8.03. The molecule has 0 aromatic carbocycles. The fourth-order valence-electron chi connectivity index (χ4n) is 1.52. The molecule has 1 amide bonds. The minimum Gasteiger partial charge on any atom is -0.359 e. The molecule has 0 bridgehead atoms. The highest BCUT2D eigenvalue weighted by Gasteiger charge is 2.26. The fourth-order valence-corrected chi connectivity index (χ4v) is 2.01. The van der Waals surface area contributed by atoms with Gasteiger partial charge in [-0.15, -0.1) is 0 Å². The number of hydrogen-bond acceptors (Lipinski definition) is 3. The second kappa shape index (κ2) is 9.95.